The van der Waals surface area contributed by atoms with Crippen LogP contribution in [0, 0.1) is 30.9 Å². The lowest BCUT2D eigenvalue weighted by Crippen LogP contribution is -2.10. The van der Waals surface area contributed by atoms with E-state index in [9.17, 15) is 14.9 Å². The number of carbonyl (C=O) groups is 1. The van der Waals surface area contributed by atoms with Gasteiger partial charge in [-0.1, -0.05) is 24.3 Å². The third kappa shape index (κ3) is 4.17. The minimum atomic E-state index is -0.632. The van der Waals surface area contributed by atoms with Gasteiger partial charge in [-0.25, -0.2) is 0 Å². The largest absolute Gasteiger partial charge is 0.433 e. The summed E-state index contributed by atoms with van der Waals surface area (Å²) in [6.45, 7) is 6.39. The Labute approximate surface area is 161 Å². The molecule has 1 aromatic carbocycles. The first-order valence-electron chi connectivity index (χ1n) is 8.67. The van der Waals surface area contributed by atoms with Gasteiger partial charge in [0.25, 0.3) is 0 Å². The summed E-state index contributed by atoms with van der Waals surface area (Å²) in [5.74, 6) is -0.518. The molecule has 0 saturated heterocycles. The lowest BCUT2D eigenvalue weighted by Gasteiger charge is -2.08. The minimum Gasteiger partial charge on any atom is -0.401 e. The summed E-state index contributed by atoms with van der Waals surface area (Å²) in [4.78, 5) is 22.2. The molecule has 0 fully saturated rings. The molecule has 144 valence electrons. The number of aromatic nitrogens is 2. The van der Waals surface area contributed by atoms with Gasteiger partial charge < -0.3 is 9.73 Å². The van der Waals surface area contributed by atoms with E-state index in [1.807, 2.05) is 43.7 Å². The zero-order valence-corrected chi connectivity index (χ0v) is 15.8. The minimum absolute atomic E-state index is 0.227. The summed E-state index contributed by atoms with van der Waals surface area (Å²) in [5.41, 5.74) is 4.53. The molecule has 0 bridgehead atoms. The molecule has 3 rings (SSSR count). The monoisotopic (exact) mass is 380 g/mol. The van der Waals surface area contributed by atoms with Crippen molar-refractivity contribution < 1.29 is 14.1 Å². The average Bonchev–Trinajstić information content (AvgIpc) is 3.23. The molecule has 0 aliphatic rings. The van der Waals surface area contributed by atoms with Crippen LogP contribution >= 0.6 is 0 Å². The summed E-state index contributed by atoms with van der Waals surface area (Å²) < 4.78 is 6.85. The van der Waals surface area contributed by atoms with Crippen molar-refractivity contribution in [2.45, 2.75) is 27.3 Å². The van der Waals surface area contributed by atoms with E-state index in [0.29, 0.717) is 17.9 Å². The second kappa shape index (κ2) is 7.91. The first-order valence-corrected chi connectivity index (χ1v) is 8.67. The molecule has 28 heavy (non-hydrogen) atoms. The fourth-order valence-electron chi connectivity index (χ4n) is 2.83. The quantitative estimate of drug-likeness (QED) is 0.395. The van der Waals surface area contributed by atoms with Crippen LogP contribution in [-0.2, 0) is 11.3 Å². The van der Waals surface area contributed by atoms with E-state index in [0.717, 1.165) is 11.3 Å². The third-order valence-electron chi connectivity index (χ3n) is 4.40. The second-order valence-corrected chi connectivity index (χ2v) is 6.39. The SMILES string of the molecule is Cc1ccccc1Cn1nc(C)c(NC(=O)/C=C/c2ccc([N+](=O)[O-])o2)c1C. The molecular formula is C20H20N4O4. The van der Waals surface area contributed by atoms with Crippen molar-refractivity contribution in [3.8, 4) is 0 Å². The molecule has 0 unspecified atom stereocenters. The first-order chi connectivity index (χ1) is 13.3. The number of nitrogens with zero attached hydrogens (tertiary/aromatic N) is 3. The zero-order chi connectivity index (χ0) is 20.3. The predicted molar refractivity (Wildman–Crippen MR) is 105 cm³/mol. The van der Waals surface area contributed by atoms with Crippen molar-refractivity contribution in [1.82, 2.24) is 9.78 Å². The van der Waals surface area contributed by atoms with Crippen LogP contribution in [-0.4, -0.2) is 20.6 Å². The molecule has 1 N–H and O–H groups in total. The molecule has 2 aromatic heterocycles. The molecule has 0 spiro atoms. The molecule has 0 aliphatic heterocycles. The summed E-state index contributed by atoms with van der Waals surface area (Å²) in [6.07, 6.45) is 2.64. The summed E-state index contributed by atoms with van der Waals surface area (Å²) in [5, 5.41) is 18.0. The summed E-state index contributed by atoms with van der Waals surface area (Å²) in [7, 11) is 0. The number of rotatable bonds is 6. The van der Waals surface area contributed by atoms with Crippen molar-refractivity contribution >= 4 is 23.6 Å². The Bertz CT molecular complexity index is 1060. The zero-order valence-electron chi connectivity index (χ0n) is 15.8. The van der Waals surface area contributed by atoms with Gasteiger partial charge in [0.1, 0.15) is 10.7 Å². The Morgan fingerprint density at radius 2 is 2.00 bits per heavy atom. The van der Waals surface area contributed by atoms with E-state index >= 15 is 0 Å². The smallest absolute Gasteiger partial charge is 0.401 e. The third-order valence-corrected chi connectivity index (χ3v) is 4.40. The van der Waals surface area contributed by atoms with E-state index in [-0.39, 0.29) is 17.6 Å². The predicted octanol–water partition coefficient (Wildman–Crippen LogP) is 4.01. The number of nitro groups is 1. The van der Waals surface area contributed by atoms with Crippen LogP contribution in [0.3, 0.4) is 0 Å². The highest BCUT2D eigenvalue weighted by atomic mass is 16.6. The number of hydrogen-bond acceptors (Lipinski definition) is 5. The topological polar surface area (TPSA) is 103 Å². The molecule has 3 aromatic rings. The van der Waals surface area contributed by atoms with E-state index in [1.165, 1.54) is 29.8 Å². The molecule has 8 heteroatoms. The van der Waals surface area contributed by atoms with Gasteiger partial charge in [-0.15, -0.1) is 0 Å². The van der Waals surface area contributed by atoms with Crippen molar-refractivity contribution in [2.75, 3.05) is 5.32 Å². The Hall–Kier alpha value is -3.68. The summed E-state index contributed by atoms with van der Waals surface area (Å²) >= 11 is 0. The Morgan fingerprint density at radius 3 is 2.68 bits per heavy atom. The highest BCUT2D eigenvalue weighted by molar-refractivity contribution is 6.02. The van der Waals surface area contributed by atoms with Crippen LogP contribution in [0.1, 0.15) is 28.3 Å². The van der Waals surface area contributed by atoms with E-state index < -0.39 is 4.92 Å². The van der Waals surface area contributed by atoms with Crippen molar-refractivity contribution in [3.05, 3.63) is 80.9 Å². The van der Waals surface area contributed by atoms with Gasteiger partial charge in [-0.3, -0.25) is 19.6 Å². The van der Waals surface area contributed by atoms with Crippen molar-refractivity contribution in [1.29, 1.82) is 0 Å². The molecule has 8 nitrogen and oxygen atoms in total. The van der Waals surface area contributed by atoms with Crippen LogP contribution in [0.25, 0.3) is 6.08 Å². The Balaban J connectivity index is 1.72. The fourth-order valence-corrected chi connectivity index (χ4v) is 2.83. The van der Waals surface area contributed by atoms with Gasteiger partial charge in [0.05, 0.1) is 29.7 Å². The van der Waals surface area contributed by atoms with Crippen LogP contribution in [0.2, 0.25) is 0 Å². The van der Waals surface area contributed by atoms with E-state index in [4.69, 9.17) is 4.42 Å². The normalized spacial score (nSPS) is 11.1. The Morgan fingerprint density at radius 1 is 1.25 bits per heavy atom. The first kappa shape index (κ1) is 19.1. The van der Waals surface area contributed by atoms with Gasteiger partial charge in [-0.05, 0) is 44.0 Å². The van der Waals surface area contributed by atoms with Crippen LogP contribution < -0.4 is 5.32 Å². The molecular weight excluding hydrogens is 360 g/mol. The second-order valence-electron chi connectivity index (χ2n) is 6.39. The number of hydrogen-bond donors (Lipinski definition) is 1. The highest BCUT2D eigenvalue weighted by Crippen LogP contribution is 2.22. The molecule has 0 aliphatic carbocycles. The van der Waals surface area contributed by atoms with Gasteiger partial charge in [0, 0.05) is 6.08 Å². The molecule has 1 amide bonds. The number of carbonyl (C=O) groups excluding carboxylic acids is 1. The van der Waals surface area contributed by atoms with Gasteiger partial charge in [0.2, 0.25) is 5.91 Å². The maximum atomic E-state index is 12.2. The Kier molecular flexibility index (Phi) is 5.39. The van der Waals surface area contributed by atoms with E-state index in [1.54, 1.807) is 0 Å². The van der Waals surface area contributed by atoms with Crippen molar-refractivity contribution in [3.63, 3.8) is 0 Å². The lowest BCUT2D eigenvalue weighted by atomic mass is 10.1. The molecule has 0 radical (unpaired) electrons. The standard InChI is InChI=1S/C20H20N4O4/c1-13-6-4-5-7-16(13)12-23-15(3)20(14(2)22-23)21-18(25)10-8-17-9-11-19(28-17)24(26)27/h4-11H,12H2,1-3H3,(H,21,25)/b10-8+. The lowest BCUT2D eigenvalue weighted by molar-refractivity contribution is -0.402. The van der Waals surface area contributed by atoms with Crippen molar-refractivity contribution in [2.24, 2.45) is 0 Å². The number of amides is 1. The average molecular weight is 380 g/mol. The maximum Gasteiger partial charge on any atom is 0.433 e. The van der Waals surface area contributed by atoms with Gasteiger partial charge >= 0.3 is 5.88 Å². The molecule has 2 heterocycles. The van der Waals surface area contributed by atoms with Gasteiger partial charge in [0.15, 0.2) is 0 Å². The van der Waals surface area contributed by atoms with E-state index in [2.05, 4.69) is 16.5 Å². The highest BCUT2D eigenvalue weighted by Gasteiger charge is 2.14. The number of benzene rings is 1. The number of aryl methyl sites for hydroxylation is 2. The van der Waals surface area contributed by atoms with Crippen LogP contribution in [0.5, 0.6) is 0 Å². The maximum absolute atomic E-state index is 12.2. The van der Waals surface area contributed by atoms with Crippen LogP contribution in [0.15, 0.2) is 46.9 Å². The number of anilines is 1. The number of furan rings is 1. The number of nitrogens with one attached hydrogen (secondary N) is 1. The van der Waals surface area contributed by atoms with Gasteiger partial charge in [-0.2, -0.15) is 5.10 Å². The molecule has 0 saturated carbocycles. The fraction of sp³-hybridized carbons (Fsp3) is 0.200. The summed E-state index contributed by atoms with van der Waals surface area (Å²) in [6, 6.07) is 10.7. The molecule has 0 atom stereocenters. The van der Waals surface area contributed by atoms with Crippen LogP contribution in [0.4, 0.5) is 11.6 Å².